The smallest absolute Gasteiger partial charge is 0.310 e. The molecule has 1 N–H and O–H groups in total. The predicted octanol–water partition coefficient (Wildman–Crippen LogP) is 3.71. The van der Waals surface area contributed by atoms with Crippen molar-refractivity contribution in [1.29, 1.82) is 0 Å². The molecule has 1 saturated carbocycles. The minimum Gasteiger partial charge on any atom is -0.481 e. The molecule has 0 amide bonds. The summed E-state index contributed by atoms with van der Waals surface area (Å²) in [6.07, 6.45) is 4.39. The second-order valence-electron chi connectivity index (χ2n) is 4.14. The minimum absolute atomic E-state index is 0.514. The summed E-state index contributed by atoms with van der Waals surface area (Å²) in [4.78, 5) is 10.8. The summed E-state index contributed by atoms with van der Waals surface area (Å²) < 4.78 is 0. The highest BCUT2D eigenvalue weighted by atomic mass is 35.5. The number of carboxylic acids is 1. The van der Waals surface area contributed by atoms with E-state index in [4.69, 9.17) is 16.7 Å². The highest BCUT2D eigenvalue weighted by molar-refractivity contribution is 6.32. The van der Waals surface area contributed by atoms with Crippen LogP contribution in [0.3, 0.4) is 0 Å². The predicted molar refractivity (Wildman–Crippen MR) is 64.7 cm³/mol. The summed E-state index contributed by atoms with van der Waals surface area (Å²) in [5.41, 5.74) is 3.13. The molecule has 0 heterocycles. The molecule has 0 radical (unpaired) electrons. The monoisotopic (exact) mass is 236 g/mol. The maximum atomic E-state index is 10.8. The van der Waals surface area contributed by atoms with Crippen LogP contribution in [0.1, 0.15) is 36.8 Å². The van der Waals surface area contributed by atoms with Gasteiger partial charge in [0.25, 0.3) is 0 Å². The van der Waals surface area contributed by atoms with Gasteiger partial charge in [-0.3, -0.25) is 4.79 Å². The van der Waals surface area contributed by atoms with Gasteiger partial charge in [-0.1, -0.05) is 35.4 Å². The van der Waals surface area contributed by atoms with E-state index in [2.05, 4.69) is 6.08 Å². The molecule has 1 aromatic carbocycles. The third kappa shape index (κ3) is 2.45. The number of halogens is 1. The Morgan fingerprint density at radius 2 is 2.19 bits per heavy atom. The van der Waals surface area contributed by atoms with Crippen LogP contribution in [0.2, 0.25) is 5.02 Å². The Bertz CT molecular complexity index is 457. The van der Waals surface area contributed by atoms with Crippen LogP contribution >= 0.6 is 11.6 Å². The van der Waals surface area contributed by atoms with E-state index < -0.39 is 11.9 Å². The van der Waals surface area contributed by atoms with E-state index in [0.717, 1.165) is 24.0 Å². The summed E-state index contributed by atoms with van der Waals surface area (Å²) in [6.45, 7) is 1.66. The van der Waals surface area contributed by atoms with Crippen molar-refractivity contribution in [1.82, 2.24) is 0 Å². The first-order chi connectivity index (χ1) is 7.58. The highest BCUT2D eigenvalue weighted by Crippen LogP contribution is 2.33. The van der Waals surface area contributed by atoms with Gasteiger partial charge in [-0.2, -0.15) is 0 Å². The average molecular weight is 237 g/mol. The molecular formula is C13H13ClO2. The third-order valence-corrected chi connectivity index (χ3v) is 3.12. The van der Waals surface area contributed by atoms with Crippen molar-refractivity contribution in [3.63, 3.8) is 0 Å². The number of benzene rings is 1. The zero-order chi connectivity index (χ0) is 11.7. The maximum absolute atomic E-state index is 10.8. The molecule has 84 valence electrons. The van der Waals surface area contributed by atoms with Crippen LogP contribution in [0, 0.1) is 0 Å². The van der Waals surface area contributed by atoms with Crippen LogP contribution < -0.4 is 0 Å². The third-order valence-electron chi connectivity index (χ3n) is 2.79. The van der Waals surface area contributed by atoms with Crippen molar-refractivity contribution in [2.45, 2.75) is 25.7 Å². The van der Waals surface area contributed by atoms with E-state index >= 15 is 0 Å². The van der Waals surface area contributed by atoms with Crippen LogP contribution in [0.15, 0.2) is 23.8 Å². The van der Waals surface area contributed by atoms with Gasteiger partial charge in [-0.25, -0.2) is 0 Å². The quantitative estimate of drug-likeness (QED) is 0.869. The maximum Gasteiger partial charge on any atom is 0.310 e. The molecule has 1 aromatic rings. The number of allylic oxidation sites excluding steroid dienone is 1. The first-order valence-electron chi connectivity index (χ1n) is 5.29. The fourth-order valence-electron chi connectivity index (χ4n) is 1.51. The highest BCUT2D eigenvalue weighted by Gasteiger charge is 2.15. The van der Waals surface area contributed by atoms with E-state index in [-0.39, 0.29) is 0 Å². The van der Waals surface area contributed by atoms with Crippen molar-refractivity contribution in [2.24, 2.45) is 0 Å². The van der Waals surface area contributed by atoms with Crippen LogP contribution in [0.25, 0.3) is 6.08 Å². The Morgan fingerprint density at radius 1 is 1.50 bits per heavy atom. The molecule has 16 heavy (non-hydrogen) atoms. The van der Waals surface area contributed by atoms with Gasteiger partial charge in [-0.15, -0.1) is 0 Å². The second kappa shape index (κ2) is 4.30. The lowest BCUT2D eigenvalue weighted by atomic mass is 10.00. The van der Waals surface area contributed by atoms with Crippen LogP contribution in [-0.4, -0.2) is 11.1 Å². The lowest BCUT2D eigenvalue weighted by Crippen LogP contribution is -2.07. The SMILES string of the molecule is CC(C(=O)O)c1ccc(C=C2CC2)c(Cl)c1. The van der Waals surface area contributed by atoms with E-state index in [1.54, 1.807) is 13.0 Å². The molecule has 0 saturated heterocycles. The van der Waals surface area contributed by atoms with Crippen molar-refractivity contribution in [2.75, 3.05) is 0 Å². The van der Waals surface area contributed by atoms with Gasteiger partial charge >= 0.3 is 5.97 Å². The number of carboxylic acid groups (broad SMARTS) is 1. The van der Waals surface area contributed by atoms with Crippen molar-refractivity contribution in [3.8, 4) is 0 Å². The van der Waals surface area contributed by atoms with E-state index in [1.807, 2.05) is 12.1 Å². The standard InChI is InChI=1S/C13H13ClO2/c1-8(13(15)16)10-4-5-11(12(14)7-10)6-9-2-3-9/h4-8H,2-3H2,1H3,(H,15,16). The van der Waals surface area contributed by atoms with Gasteiger partial charge in [-0.05, 0) is 37.0 Å². The summed E-state index contributed by atoms with van der Waals surface area (Å²) >= 11 is 6.11. The molecule has 2 nitrogen and oxygen atoms in total. The Balaban J connectivity index is 2.28. The van der Waals surface area contributed by atoms with Gasteiger partial charge in [0.2, 0.25) is 0 Å². The molecule has 0 bridgehead atoms. The topological polar surface area (TPSA) is 37.3 Å². The molecule has 0 aromatic heterocycles. The Hall–Kier alpha value is -1.28. The van der Waals surface area contributed by atoms with Crippen molar-refractivity contribution < 1.29 is 9.90 Å². The summed E-state index contributed by atoms with van der Waals surface area (Å²) in [5.74, 6) is -1.34. The molecule has 1 fully saturated rings. The Morgan fingerprint density at radius 3 is 2.69 bits per heavy atom. The van der Waals surface area contributed by atoms with Crippen molar-refractivity contribution in [3.05, 3.63) is 39.9 Å². The molecule has 3 heteroatoms. The Labute approximate surface area is 99.5 Å². The zero-order valence-electron chi connectivity index (χ0n) is 9.03. The van der Waals surface area contributed by atoms with Crippen LogP contribution in [0.4, 0.5) is 0 Å². The summed E-state index contributed by atoms with van der Waals surface area (Å²) in [7, 11) is 0. The van der Waals surface area contributed by atoms with Gasteiger partial charge in [0.05, 0.1) is 5.92 Å². The largest absolute Gasteiger partial charge is 0.481 e. The molecule has 1 unspecified atom stereocenters. The van der Waals surface area contributed by atoms with E-state index in [1.165, 1.54) is 5.57 Å². The molecular weight excluding hydrogens is 224 g/mol. The summed E-state index contributed by atoms with van der Waals surface area (Å²) in [5, 5.41) is 9.53. The molecule has 0 spiro atoms. The lowest BCUT2D eigenvalue weighted by Gasteiger charge is -2.08. The van der Waals surface area contributed by atoms with Crippen molar-refractivity contribution >= 4 is 23.6 Å². The number of rotatable bonds is 3. The first kappa shape index (κ1) is 11.2. The molecule has 2 rings (SSSR count). The molecule has 1 aliphatic rings. The fourth-order valence-corrected chi connectivity index (χ4v) is 1.75. The number of carbonyl (C=O) groups is 1. The number of hydrogen-bond acceptors (Lipinski definition) is 1. The van der Waals surface area contributed by atoms with Gasteiger partial charge in [0, 0.05) is 5.02 Å². The molecule has 1 aliphatic carbocycles. The fraction of sp³-hybridized carbons (Fsp3) is 0.308. The van der Waals surface area contributed by atoms with Gasteiger partial charge in [0.1, 0.15) is 0 Å². The van der Waals surface area contributed by atoms with Crippen LogP contribution in [0.5, 0.6) is 0 Å². The molecule has 0 aliphatic heterocycles. The van der Waals surface area contributed by atoms with Gasteiger partial charge in [0.15, 0.2) is 0 Å². The second-order valence-corrected chi connectivity index (χ2v) is 4.55. The van der Waals surface area contributed by atoms with E-state index in [0.29, 0.717) is 5.02 Å². The number of aliphatic carboxylic acids is 1. The Kier molecular flexibility index (Phi) is 3.01. The molecule has 1 atom stereocenters. The lowest BCUT2D eigenvalue weighted by molar-refractivity contribution is -0.138. The zero-order valence-corrected chi connectivity index (χ0v) is 9.79. The van der Waals surface area contributed by atoms with Gasteiger partial charge < -0.3 is 5.11 Å². The minimum atomic E-state index is -0.829. The summed E-state index contributed by atoms with van der Waals surface area (Å²) in [6, 6.07) is 5.47. The normalized spacial score (nSPS) is 15.8. The number of hydrogen-bond donors (Lipinski definition) is 1. The first-order valence-corrected chi connectivity index (χ1v) is 5.67. The van der Waals surface area contributed by atoms with E-state index in [9.17, 15) is 4.79 Å². The average Bonchev–Trinajstić information content (AvgIpc) is 3.03. The van der Waals surface area contributed by atoms with Crippen LogP contribution in [-0.2, 0) is 4.79 Å².